The zero-order valence-electron chi connectivity index (χ0n) is 10.6. The predicted octanol–water partition coefficient (Wildman–Crippen LogP) is 4.05. The van der Waals surface area contributed by atoms with Crippen molar-refractivity contribution in [2.45, 2.75) is 45.4 Å². The lowest BCUT2D eigenvalue weighted by Crippen LogP contribution is -2.29. The van der Waals surface area contributed by atoms with Gasteiger partial charge in [0, 0.05) is 17.9 Å². The molecule has 1 aromatic rings. The third-order valence-corrected chi connectivity index (χ3v) is 4.20. The van der Waals surface area contributed by atoms with Crippen LogP contribution in [0.2, 0.25) is 0 Å². The van der Waals surface area contributed by atoms with Crippen molar-refractivity contribution in [1.29, 1.82) is 0 Å². The van der Waals surface area contributed by atoms with Gasteiger partial charge in [0.15, 0.2) is 0 Å². The van der Waals surface area contributed by atoms with E-state index in [0.717, 1.165) is 38.2 Å². The zero-order chi connectivity index (χ0) is 13.2. The summed E-state index contributed by atoms with van der Waals surface area (Å²) in [7, 11) is 0. The van der Waals surface area contributed by atoms with Crippen LogP contribution in [0.1, 0.15) is 44.6 Å². The summed E-state index contributed by atoms with van der Waals surface area (Å²) in [5.41, 5.74) is 0.0435. The molecule has 1 aliphatic carbocycles. The third-order valence-electron chi connectivity index (χ3n) is 4.20. The molecular weight excluding hydrogens is 234 g/mol. The average molecular weight is 252 g/mol. The van der Waals surface area contributed by atoms with Crippen LogP contribution in [-0.2, 0) is 11.2 Å². The lowest BCUT2D eigenvalue weighted by atomic mass is 9.77. The molecule has 0 unspecified atom stereocenters. The highest BCUT2D eigenvalue weighted by Gasteiger charge is 2.38. The highest BCUT2D eigenvalue weighted by atomic mass is 19.1. The van der Waals surface area contributed by atoms with E-state index in [1.807, 2.05) is 6.92 Å². The second kappa shape index (κ2) is 5.17. The molecular formula is C15H18F2O. The number of hydrogen-bond donors (Lipinski definition) is 0. The van der Waals surface area contributed by atoms with Crippen molar-refractivity contribution in [3.63, 3.8) is 0 Å². The molecule has 1 aromatic carbocycles. The number of ketones is 1. The first-order chi connectivity index (χ1) is 8.57. The smallest absolute Gasteiger partial charge is 0.143 e. The van der Waals surface area contributed by atoms with E-state index in [2.05, 4.69) is 0 Å². The molecule has 0 radical (unpaired) electrons. The van der Waals surface area contributed by atoms with Crippen LogP contribution in [0, 0.1) is 17.0 Å². The predicted molar refractivity (Wildman–Crippen MR) is 66.3 cm³/mol. The van der Waals surface area contributed by atoms with Gasteiger partial charge in [0.05, 0.1) is 0 Å². The number of rotatable bonds is 4. The minimum Gasteiger partial charge on any atom is -0.299 e. The van der Waals surface area contributed by atoms with Crippen molar-refractivity contribution < 1.29 is 13.6 Å². The number of benzene rings is 1. The molecule has 98 valence electrons. The van der Waals surface area contributed by atoms with Crippen LogP contribution in [0.25, 0.3) is 0 Å². The Bertz CT molecular complexity index is 448. The zero-order valence-corrected chi connectivity index (χ0v) is 10.6. The second-order valence-electron chi connectivity index (χ2n) is 5.18. The molecule has 0 amide bonds. The van der Waals surface area contributed by atoms with E-state index in [9.17, 15) is 13.6 Å². The van der Waals surface area contributed by atoms with Crippen LogP contribution in [0.15, 0.2) is 18.2 Å². The molecule has 2 rings (SSSR count). The fraction of sp³-hybridized carbons (Fsp3) is 0.533. The molecule has 0 atom stereocenters. The molecule has 18 heavy (non-hydrogen) atoms. The highest BCUT2D eigenvalue weighted by molar-refractivity contribution is 5.87. The molecule has 0 aromatic heterocycles. The Balaban J connectivity index is 2.15. The van der Waals surface area contributed by atoms with Crippen molar-refractivity contribution in [3.8, 4) is 0 Å². The van der Waals surface area contributed by atoms with E-state index in [4.69, 9.17) is 0 Å². The quantitative estimate of drug-likeness (QED) is 0.790. The van der Waals surface area contributed by atoms with Gasteiger partial charge in [-0.15, -0.1) is 0 Å². The van der Waals surface area contributed by atoms with Crippen molar-refractivity contribution in [3.05, 3.63) is 35.4 Å². The number of carbonyl (C=O) groups is 1. The summed E-state index contributed by atoms with van der Waals surface area (Å²) in [6.45, 7) is 2.02. The van der Waals surface area contributed by atoms with E-state index in [1.54, 1.807) is 0 Å². The fourth-order valence-corrected chi connectivity index (χ4v) is 2.91. The molecule has 1 fully saturated rings. The van der Waals surface area contributed by atoms with Crippen molar-refractivity contribution in [2.24, 2.45) is 5.41 Å². The standard InChI is InChI=1S/C15H18F2O/c1-2-15(7-3-4-8-15)14(18)9-11-5-6-12(16)10-13(11)17/h5-6,10H,2-4,7-9H2,1H3. The van der Waals surface area contributed by atoms with Crippen LogP contribution in [0.4, 0.5) is 8.78 Å². The minimum atomic E-state index is -0.618. The van der Waals surface area contributed by atoms with Gasteiger partial charge in [-0.3, -0.25) is 4.79 Å². The Morgan fingerprint density at radius 3 is 2.50 bits per heavy atom. The first-order valence-corrected chi connectivity index (χ1v) is 6.54. The average Bonchev–Trinajstić information content (AvgIpc) is 2.82. The molecule has 1 aliphatic rings. The van der Waals surface area contributed by atoms with Crippen LogP contribution in [0.5, 0.6) is 0 Å². The van der Waals surface area contributed by atoms with Crippen molar-refractivity contribution in [2.75, 3.05) is 0 Å². The summed E-state index contributed by atoms with van der Waals surface area (Å²) in [5, 5.41) is 0. The topological polar surface area (TPSA) is 17.1 Å². The molecule has 1 saturated carbocycles. The molecule has 0 bridgehead atoms. The fourth-order valence-electron chi connectivity index (χ4n) is 2.91. The number of halogens is 2. The maximum Gasteiger partial charge on any atom is 0.143 e. The summed E-state index contributed by atoms with van der Waals surface area (Å²) >= 11 is 0. The second-order valence-corrected chi connectivity index (χ2v) is 5.18. The van der Waals surface area contributed by atoms with Gasteiger partial charge in [-0.2, -0.15) is 0 Å². The molecule has 0 N–H and O–H groups in total. The Kier molecular flexibility index (Phi) is 3.79. The molecule has 1 nitrogen and oxygen atoms in total. The van der Waals surface area contributed by atoms with Gasteiger partial charge in [0.25, 0.3) is 0 Å². The lowest BCUT2D eigenvalue weighted by Gasteiger charge is -2.25. The maximum absolute atomic E-state index is 13.5. The van der Waals surface area contributed by atoms with Crippen molar-refractivity contribution in [1.82, 2.24) is 0 Å². The Morgan fingerprint density at radius 2 is 1.94 bits per heavy atom. The molecule has 3 heteroatoms. The molecule has 0 heterocycles. The normalized spacial score (nSPS) is 17.9. The van der Waals surface area contributed by atoms with E-state index in [0.29, 0.717) is 5.56 Å². The summed E-state index contributed by atoms with van der Waals surface area (Å²) in [6.07, 6.45) is 4.86. The highest BCUT2D eigenvalue weighted by Crippen LogP contribution is 2.42. The van der Waals surface area contributed by atoms with Gasteiger partial charge in [-0.05, 0) is 30.9 Å². The van der Waals surface area contributed by atoms with Gasteiger partial charge in [0.2, 0.25) is 0 Å². The van der Waals surface area contributed by atoms with Gasteiger partial charge in [-0.1, -0.05) is 25.8 Å². The monoisotopic (exact) mass is 252 g/mol. The van der Waals surface area contributed by atoms with Crippen LogP contribution in [0.3, 0.4) is 0 Å². The molecule has 0 spiro atoms. The first kappa shape index (κ1) is 13.2. The van der Waals surface area contributed by atoms with E-state index in [1.165, 1.54) is 12.1 Å². The Labute approximate surface area is 106 Å². The van der Waals surface area contributed by atoms with Crippen LogP contribution < -0.4 is 0 Å². The minimum absolute atomic E-state index is 0.0833. The van der Waals surface area contributed by atoms with Gasteiger partial charge >= 0.3 is 0 Å². The number of hydrogen-bond acceptors (Lipinski definition) is 1. The SMILES string of the molecule is CCC1(C(=O)Cc2ccc(F)cc2F)CCCC1. The van der Waals surface area contributed by atoms with Gasteiger partial charge in [-0.25, -0.2) is 8.78 Å². The molecule has 0 saturated heterocycles. The van der Waals surface area contributed by atoms with Crippen LogP contribution >= 0.6 is 0 Å². The summed E-state index contributed by atoms with van der Waals surface area (Å²) in [4.78, 5) is 12.3. The largest absolute Gasteiger partial charge is 0.299 e. The number of Topliss-reactive ketones (excluding diaryl/α,β-unsaturated/α-hetero) is 1. The number of carbonyl (C=O) groups excluding carboxylic acids is 1. The lowest BCUT2D eigenvalue weighted by molar-refractivity contribution is -0.128. The molecule has 0 aliphatic heterocycles. The Morgan fingerprint density at radius 1 is 1.28 bits per heavy atom. The maximum atomic E-state index is 13.5. The van der Waals surface area contributed by atoms with E-state index >= 15 is 0 Å². The summed E-state index contributed by atoms with van der Waals surface area (Å²) < 4.78 is 26.3. The first-order valence-electron chi connectivity index (χ1n) is 6.54. The summed E-state index contributed by atoms with van der Waals surface area (Å²) in [5.74, 6) is -1.12. The van der Waals surface area contributed by atoms with Gasteiger partial charge < -0.3 is 0 Å². The Hall–Kier alpha value is -1.25. The van der Waals surface area contributed by atoms with Gasteiger partial charge in [0.1, 0.15) is 17.4 Å². The van der Waals surface area contributed by atoms with E-state index < -0.39 is 11.6 Å². The van der Waals surface area contributed by atoms with Crippen molar-refractivity contribution >= 4 is 5.78 Å². The van der Waals surface area contributed by atoms with Crippen LogP contribution in [-0.4, -0.2) is 5.78 Å². The summed E-state index contributed by atoms with van der Waals surface area (Å²) in [6, 6.07) is 3.43. The third kappa shape index (κ3) is 2.45. The van der Waals surface area contributed by atoms with E-state index in [-0.39, 0.29) is 17.6 Å².